The van der Waals surface area contributed by atoms with Gasteiger partial charge in [-0.05, 0) is 5.56 Å². The van der Waals surface area contributed by atoms with Crippen LogP contribution in [0.3, 0.4) is 0 Å². The number of nitriles is 1. The average molecular weight is 314 g/mol. The number of nitrogens with zero attached hydrogens (tertiary/aromatic N) is 3. The number of hydrogen-bond acceptors (Lipinski definition) is 5. The molecule has 6 nitrogen and oxygen atoms in total. The molecule has 1 heterocycles. The van der Waals surface area contributed by atoms with Gasteiger partial charge in [0.1, 0.15) is 11.6 Å². The number of aliphatic hydroxyl groups excluding tert-OH is 1. The van der Waals surface area contributed by atoms with E-state index in [9.17, 15) is 15.2 Å². The highest BCUT2D eigenvalue weighted by atomic mass is 16.3. The van der Waals surface area contributed by atoms with Crippen LogP contribution in [0.15, 0.2) is 42.1 Å². The number of nitrogens with one attached hydrogen (secondary N) is 1. The molecule has 0 unspecified atom stereocenters. The lowest BCUT2D eigenvalue weighted by atomic mass is 10.2. The van der Waals surface area contributed by atoms with Crippen molar-refractivity contribution in [1.29, 1.82) is 5.26 Å². The van der Waals surface area contributed by atoms with Gasteiger partial charge in [-0.25, -0.2) is 0 Å². The lowest BCUT2D eigenvalue weighted by Crippen LogP contribution is -2.47. The number of benzene rings is 1. The minimum absolute atomic E-state index is 0.0378. The minimum atomic E-state index is -0.245. The fourth-order valence-corrected chi connectivity index (χ4v) is 2.49. The highest BCUT2D eigenvalue weighted by Gasteiger charge is 2.20. The molecule has 0 atom stereocenters. The molecule has 1 aliphatic rings. The molecule has 1 fully saturated rings. The molecule has 2 N–H and O–H groups in total. The van der Waals surface area contributed by atoms with E-state index in [-0.39, 0.29) is 18.1 Å². The molecule has 0 bridgehead atoms. The zero-order chi connectivity index (χ0) is 16.5. The Labute approximate surface area is 136 Å². The molecule has 1 aliphatic heterocycles. The normalized spacial score (nSPS) is 15.1. The van der Waals surface area contributed by atoms with Gasteiger partial charge >= 0.3 is 0 Å². The Balaban J connectivity index is 2.11. The number of rotatable bonds is 6. The summed E-state index contributed by atoms with van der Waals surface area (Å²) in [6.45, 7) is 3.58. The van der Waals surface area contributed by atoms with Gasteiger partial charge in [-0.2, -0.15) is 5.26 Å². The zero-order valence-electron chi connectivity index (χ0n) is 13.1. The van der Waals surface area contributed by atoms with Gasteiger partial charge in [0.2, 0.25) is 0 Å². The minimum Gasteiger partial charge on any atom is -0.395 e. The van der Waals surface area contributed by atoms with E-state index in [0.717, 1.165) is 18.7 Å². The van der Waals surface area contributed by atoms with E-state index in [4.69, 9.17) is 0 Å². The smallest absolute Gasteiger partial charge is 0.266 e. The predicted octanol–water partition coefficient (Wildman–Crippen LogP) is 0.320. The summed E-state index contributed by atoms with van der Waals surface area (Å²) in [6.07, 6.45) is 1.56. The summed E-state index contributed by atoms with van der Waals surface area (Å²) in [5, 5.41) is 21.8. The molecule has 0 aliphatic carbocycles. The van der Waals surface area contributed by atoms with Crippen molar-refractivity contribution in [3.05, 3.63) is 47.7 Å². The third kappa shape index (κ3) is 5.09. The number of piperazine rings is 1. The van der Waals surface area contributed by atoms with Crippen molar-refractivity contribution < 1.29 is 9.90 Å². The van der Waals surface area contributed by atoms with Crippen molar-refractivity contribution in [3.63, 3.8) is 0 Å². The molecule has 122 valence electrons. The zero-order valence-corrected chi connectivity index (χ0v) is 13.1. The summed E-state index contributed by atoms with van der Waals surface area (Å²) in [5.41, 5.74) is 1.17. The number of carbonyl (C=O) groups excluding carboxylic acids is 1. The molecule has 0 aromatic heterocycles. The van der Waals surface area contributed by atoms with Crippen LogP contribution in [0, 0.1) is 11.3 Å². The van der Waals surface area contributed by atoms with Crippen LogP contribution in [-0.4, -0.2) is 60.1 Å². The Bertz CT molecular complexity index is 574. The second-order valence-corrected chi connectivity index (χ2v) is 5.38. The lowest BCUT2D eigenvalue weighted by molar-refractivity contribution is -0.127. The molecule has 1 amide bonds. The first kappa shape index (κ1) is 17.0. The standard InChI is InChI=1S/C17H22N4O2/c18-12-16(17(23)21-8-6-19-7-9-21)14-20(10-11-22)13-15-4-2-1-3-5-15/h1-5,14,19,22H,6-11,13H2/b16-14-. The van der Waals surface area contributed by atoms with Gasteiger partial charge in [-0.1, -0.05) is 30.3 Å². The van der Waals surface area contributed by atoms with Crippen LogP contribution >= 0.6 is 0 Å². The fraction of sp³-hybridized carbons (Fsp3) is 0.412. The Kier molecular flexibility index (Phi) is 6.60. The second kappa shape index (κ2) is 8.93. The summed E-state index contributed by atoms with van der Waals surface area (Å²) in [5.74, 6) is -0.245. The quantitative estimate of drug-likeness (QED) is 0.584. The van der Waals surface area contributed by atoms with Crippen molar-refractivity contribution in [2.75, 3.05) is 39.3 Å². The Morgan fingerprint density at radius 2 is 2.04 bits per heavy atom. The summed E-state index contributed by atoms with van der Waals surface area (Å²) < 4.78 is 0. The van der Waals surface area contributed by atoms with Gasteiger partial charge in [0.05, 0.1) is 6.61 Å². The number of hydrogen-bond donors (Lipinski definition) is 2. The summed E-state index contributed by atoms with van der Waals surface area (Å²) in [6, 6.07) is 11.8. The van der Waals surface area contributed by atoms with Gasteiger partial charge in [-0.15, -0.1) is 0 Å². The van der Waals surface area contributed by atoms with E-state index in [1.165, 1.54) is 0 Å². The Morgan fingerprint density at radius 3 is 2.65 bits per heavy atom. The molecule has 0 radical (unpaired) electrons. The van der Waals surface area contributed by atoms with E-state index in [0.29, 0.717) is 26.2 Å². The summed E-state index contributed by atoms with van der Waals surface area (Å²) >= 11 is 0. The van der Waals surface area contributed by atoms with E-state index in [2.05, 4.69) is 5.32 Å². The first-order valence-corrected chi connectivity index (χ1v) is 7.75. The maximum atomic E-state index is 12.4. The highest BCUT2D eigenvalue weighted by Crippen LogP contribution is 2.09. The van der Waals surface area contributed by atoms with Crippen LogP contribution < -0.4 is 5.32 Å². The first-order chi connectivity index (χ1) is 11.2. The second-order valence-electron chi connectivity index (χ2n) is 5.38. The molecule has 0 saturated carbocycles. The van der Waals surface area contributed by atoms with Crippen LogP contribution in [0.2, 0.25) is 0 Å². The van der Waals surface area contributed by atoms with Gasteiger partial charge in [0.25, 0.3) is 5.91 Å². The molecular weight excluding hydrogens is 292 g/mol. The SMILES string of the molecule is N#C/C(=C/N(CCO)Cc1ccccc1)C(=O)N1CCNCC1. The van der Waals surface area contributed by atoms with Crippen molar-refractivity contribution in [3.8, 4) is 6.07 Å². The van der Waals surface area contributed by atoms with Crippen molar-refractivity contribution in [1.82, 2.24) is 15.1 Å². The third-order valence-corrected chi connectivity index (χ3v) is 3.68. The molecule has 6 heteroatoms. The predicted molar refractivity (Wildman–Crippen MR) is 87.1 cm³/mol. The van der Waals surface area contributed by atoms with Crippen LogP contribution in [0.4, 0.5) is 0 Å². The van der Waals surface area contributed by atoms with Gasteiger partial charge in [-0.3, -0.25) is 4.79 Å². The Morgan fingerprint density at radius 1 is 1.35 bits per heavy atom. The summed E-state index contributed by atoms with van der Waals surface area (Å²) in [7, 11) is 0. The highest BCUT2D eigenvalue weighted by molar-refractivity contribution is 5.97. The van der Waals surface area contributed by atoms with Gasteiger partial charge < -0.3 is 20.2 Å². The van der Waals surface area contributed by atoms with E-state index in [1.807, 2.05) is 36.4 Å². The van der Waals surface area contributed by atoms with E-state index >= 15 is 0 Å². The maximum Gasteiger partial charge on any atom is 0.266 e. The van der Waals surface area contributed by atoms with Crippen LogP contribution in [-0.2, 0) is 11.3 Å². The molecule has 23 heavy (non-hydrogen) atoms. The molecule has 1 aromatic carbocycles. The largest absolute Gasteiger partial charge is 0.395 e. The van der Waals surface area contributed by atoms with Crippen molar-refractivity contribution in [2.24, 2.45) is 0 Å². The van der Waals surface area contributed by atoms with Crippen LogP contribution in [0.25, 0.3) is 0 Å². The monoisotopic (exact) mass is 314 g/mol. The fourth-order valence-electron chi connectivity index (χ4n) is 2.49. The Hall–Kier alpha value is -2.36. The average Bonchev–Trinajstić information content (AvgIpc) is 2.61. The molecule has 1 saturated heterocycles. The molecule has 1 aromatic rings. The van der Waals surface area contributed by atoms with Crippen LogP contribution in [0.5, 0.6) is 0 Å². The molecular formula is C17H22N4O2. The van der Waals surface area contributed by atoms with E-state index in [1.54, 1.807) is 16.0 Å². The van der Waals surface area contributed by atoms with Crippen molar-refractivity contribution >= 4 is 5.91 Å². The number of carbonyl (C=O) groups is 1. The lowest BCUT2D eigenvalue weighted by Gasteiger charge is -2.28. The van der Waals surface area contributed by atoms with Crippen LogP contribution in [0.1, 0.15) is 5.56 Å². The topological polar surface area (TPSA) is 79.6 Å². The van der Waals surface area contributed by atoms with Crippen molar-refractivity contribution in [2.45, 2.75) is 6.54 Å². The molecule has 2 rings (SSSR count). The molecule has 0 spiro atoms. The number of amides is 1. The van der Waals surface area contributed by atoms with Gasteiger partial charge in [0, 0.05) is 45.5 Å². The first-order valence-electron chi connectivity index (χ1n) is 7.75. The summed E-state index contributed by atoms with van der Waals surface area (Å²) in [4.78, 5) is 15.9. The maximum absolute atomic E-state index is 12.4. The third-order valence-electron chi connectivity index (χ3n) is 3.68. The number of aliphatic hydroxyl groups is 1. The van der Waals surface area contributed by atoms with Gasteiger partial charge in [0.15, 0.2) is 0 Å². The van der Waals surface area contributed by atoms with E-state index < -0.39 is 0 Å².